The van der Waals surface area contributed by atoms with Gasteiger partial charge in [-0.25, -0.2) is 9.78 Å². The molecule has 0 bridgehead atoms. The highest BCUT2D eigenvalue weighted by Gasteiger charge is 2.35. The van der Waals surface area contributed by atoms with Gasteiger partial charge in [0, 0.05) is 12.1 Å². The first-order valence-corrected chi connectivity index (χ1v) is 9.12. The molecule has 0 saturated carbocycles. The Labute approximate surface area is 163 Å². The third kappa shape index (κ3) is 2.95. The molecule has 1 saturated heterocycles. The van der Waals surface area contributed by atoms with Crippen LogP contribution in [0.5, 0.6) is 5.75 Å². The summed E-state index contributed by atoms with van der Waals surface area (Å²) in [5.74, 6) is 1.49. The smallest absolute Gasteiger partial charge is 0.415 e. The van der Waals surface area contributed by atoms with Crippen LogP contribution in [0.2, 0.25) is 0 Å². The summed E-state index contributed by atoms with van der Waals surface area (Å²) in [6, 6.07) is 8.91. The second kappa shape index (κ2) is 7.12. The van der Waals surface area contributed by atoms with E-state index in [9.17, 15) is 9.59 Å². The molecule has 8 nitrogen and oxygen atoms in total. The summed E-state index contributed by atoms with van der Waals surface area (Å²) in [5, 5.41) is 3.13. The molecule has 1 aromatic heterocycles. The number of benzene rings is 1. The number of nitrogens with one attached hydrogen (secondary N) is 1. The molecule has 0 spiro atoms. The quantitative estimate of drug-likeness (QED) is 0.854. The minimum absolute atomic E-state index is 0.104. The minimum Gasteiger partial charge on any atom is -0.497 e. The van der Waals surface area contributed by atoms with Gasteiger partial charge in [-0.05, 0) is 49.4 Å². The first-order valence-electron chi connectivity index (χ1n) is 9.12. The van der Waals surface area contributed by atoms with Crippen molar-refractivity contribution in [1.29, 1.82) is 0 Å². The maximum atomic E-state index is 13.1. The zero-order valence-corrected chi connectivity index (χ0v) is 16.1. The molecule has 8 heteroatoms. The number of hydrogen-bond acceptors (Lipinski definition) is 6. The number of amides is 2. The molecule has 0 unspecified atom stereocenters. The van der Waals surface area contributed by atoms with Gasteiger partial charge in [-0.15, -0.1) is 0 Å². The van der Waals surface area contributed by atoms with Crippen LogP contribution in [-0.2, 0) is 17.8 Å². The van der Waals surface area contributed by atoms with Crippen LogP contribution in [0.4, 0.5) is 16.4 Å². The Morgan fingerprint density at radius 3 is 2.75 bits per heavy atom. The van der Waals surface area contributed by atoms with Gasteiger partial charge in [-0.1, -0.05) is 6.07 Å². The van der Waals surface area contributed by atoms with Crippen LogP contribution in [0, 0.1) is 0 Å². The van der Waals surface area contributed by atoms with Crippen LogP contribution < -0.4 is 19.9 Å². The van der Waals surface area contributed by atoms with Crippen molar-refractivity contribution in [2.75, 3.05) is 30.6 Å². The van der Waals surface area contributed by atoms with Gasteiger partial charge in [0.05, 0.1) is 19.7 Å². The van der Waals surface area contributed by atoms with Gasteiger partial charge >= 0.3 is 6.09 Å². The summed E-state index contributed by atoms with van der Waals surface area (Å²) in [6.07, 6.45) is -0.422. The number of fused-ring (bicyclic) bond motifs is 1. The molecular weight excluding hydrogens is 360 g/mol. The standard InChI is InChI=1S/C20H22N4O4/c1-12-11-28-20(26)24(12)18-6-4-5-17(22-18)23-10-16-13(9-21-2)7-14(27-3)8-15(16)19(23)25/h4-8,12,21H,9-11H2,1-3H3/t12-/m0/s1. The number of carbonyl (C=O) groups excluding carboxylic acids is 2. The monoisotopic (exact) mass is 382 g/mol. The highest BCUT2D eigenvalue weighted by molar-refractivity contribution is 6.10. The van der Waals surface area contributed by atoms with Gasteiger partial charge in [0.15, 0.2) is 0 Å². The molecule has 3 heterocycles. The third-order valence-corrected chi connectivity index (χ3v) is 5.04. The van der Waals surface area contributed by atoms with Crippen LogP contribution in [0.25, 0.3) is 0 Å². The molecule has 1 N–H and O–H groups in total. The fourth-order valence-electron chi connectivity index (χ4n) is 3.64. The minimum atomic E-state index is -0.422. The molecule has 0 aliphatic carbocycles. The maximum Gasteiger partial charge on any atom is 0.415 e. The van der Waals surface area contributed by atoms with Gasteiger partial charge in [-0.3, -0.25) is 14.6 Å². The van der Waals surface area contributed by atoms with E-state index in [1.54, 1.807) is 36.3 Å². The number of cyclic esters (lactones) is 1. The van der Waals surface area contributed by atoms with E-state index in [1.165, 1.54) is 4.90 Å². The van der Waals surface area contributed by atoms with Gasteiger partial charge in [0.1, 0.15) is 24.0 Å². The second-order valence-corrected chi connectivity index (χ2v) is 6.88. The lowest BCUT2D eigenvalue weighted by molar-refractivity contribution is 0.0995. The molecule has 2 amide bonds. The van der Waals surface area contributed by atoms with Crippen LogP contribution in [0.15, 0.2) is 30.3 Å². The van der Waals surface area contributed by atoms with Gasteiger partial charge in [-0.2, -0.15) is 0 Å². The van der Waals surface area contributed by atoms with Crippen LogP contribution in [0.3, 0.4) is 0 Å². The van der Waals surface area contributed by atoms with E-state index in [0.717, 1.165) is 11.1 Å². The van der Waals surface area contributed by atoms with Crippen molar-refractivity contribution in [3.05, 3.63) is 47.0 Å². The van der Waals surface area contributed by atoms with Crippen molar-refractivity contribution in [2.24, 2.45) is 0 Å². The average Bonchev–Trinajstić information content (AvgIpc) is 3.21. The summed E-state index contributed by atoms with van der Waals surface area (Å²) >= 11 is 0. The number of nitrogens with zero attached hydrogens (tertiary/aromatic N) is 3. The van der Waals surface area contributed by atoms with E-state index < -0.39 is 6.09 Å². The SMILES string of the molecule is CNCc1cc(OC)cc2c1CN(c1cccc(N3C(=O)OC[C@@H]3C)n1)C2=O. The zero-order chi connectivity index (χ0) is 19.8. The topological polar surface area (TPSA) is 84.0 Å². The summed E-state index contributed by atoms with van der Waals surface area (Å²) < 4.78 is 10.4. The largest absolute Gasteiger partial charge is 0.497 e. The molecule has 146 valence electrons. The second-order valence-electron chi connectivity index (χ2n) is 6.88. The molecule has 2 aliphatic heterocycles. The van der Waals surface area contributed by atoms with E-state index in [0.29, 0.717) is 42.6 Å². The van der Waals surface area contributed by atoms with Gasteiger partial charge in [0.2, 0.25) is 0 Å². The Kier molecular flexibility index (Phi) is 4.64. The molecule has 1 fully saturated rings. The molecular formula is C20H22N4O4. The Morgan fingerprint density at radius 1 is 1.29 bits per heavy atom. The summed E-state index contributed by atoms with van der Waals surface area (Å²) in [6.45, 7) is 3.27. The normalized spacial score (nSPS) is 18.5. The predicted octanol–water partition coefficient (Wildman–Crippen LogP) is 2.32. The maximum absolute atomic E-state index is 13.1. The van der Waals surface area contributed by atoms with E-state index in [4.69, 9.17) is 9.47 Å². The molecule has 1 atom stereocenters. The van der Waals surface area contributed by atoms with Crippen molar-refractivity contribution in [3.63, 3.8) is 0 Å². The molecule has 4 rings (SSSR count). The number of methoxy groups -OCH3 is 1. The van der Waals surface area contributed by atoms with Crippen molar-refractivity contribution >= 4 is 23.6 Å². The Hall–Kier alpha value is -3.13. The Morgan fingerprint density at radius 2 is 2.07 bits per heavy atom. The highest BCUT2D eigenvalue weighted by atomic mass is 16.6. The Bertz CT molecular complexity index is 946. The number of carbonyl (C=O) groups is 2. The van der Waals surface area contributed by atoms with Crippen molar-refractivity contribution in [2.45, 2.75) is 26.1 Å². The summed E-state index contributed by atoms with van der Waals surface area (Å²) in [4.78, 5) is 32.8. The summed E-state index contributed by atoms with van der Waals surface area (Å²) in [5.41, 5.74) is 2.59. The number of anilines is 2. The molecule has 28 heavy (non-hydrogen) atoms. The van der Waals surface area contributed by atoms with Gasteiger partial charge < -0.3 is 14.8 Å². The number of pyridine rings is 1. The molecule has 2 aromatic rings. The van der Waals surface area contributed by atoms with Crippen molar-refractivity contribution in [1.82, 2.24) is 10.3 Å². The van der Waals surface area contributed by atoms with Crippen molar-refractivity contribution in [3.8, 4) is 5.75 Å². The number of hydrogen-bond donors (Lipinski definition) is 1. The third-order valence-electron chi connectivity index (χ3n) is 5.04. The fourth-order valence-corrected chi connectivity index (χ4v) is 3.64. The summed E-state index contributed by atoms with van der Waals surface area (Å²) in [7, 11) is 3.45. The van der Waals surface area contributed by atoms with Crippen LogP contribution in [-0.4, -0.2) is 43.8 Å². The van der Waals surface area contributed by atoms with E-state index in [1.807, 2.05) is 20.0 Å². The fraction of sp³-hybridized carbons (Fsp3) is 0.350. The van der Waals surface area contributed by atoms with E-state index in [-0.39, 0.29) is 11.9 Å². The van der Waals surface area contributed by atoms with Crippen LogP contribution in [0.1, 0.15) is 28.4 Å². The van der Waals surface area contributed by atoms with E-state index in [2.05, 4.69) is 10.3 Å². The lowest BCUT2D eigenvalue weighted by Crippen LogP contribution is -2.32. The van der Waals surface area contributed by atoms with E-state index >= 15 is 0 Å². The highest BCUT2D eigenvalue weighted by Crippen LogP contribution is 2.34. The molecule has 1 aromatic carbocycles. The van der Waals surface area contributed by atoms with Gasteiger partial charge in [0.25, 0.3) is 5.91 Å². The Balaban J connectivity index is 1.69. The predicted molar refractivity (Wildman–Crippen MR) is 104 cm³/mol. The van der Waals surface area contributed by atoms with Crippen LogP contribution >= 0.6 is 0 Å². The zero-order valence-electron chi connectivity index (χ0n) is 16.1. The average molecular weight is 382 g/mol. The number of ether oxygens (including phenoxy) is 2. The lowest BCUT2D eigenvalue weighted by atomic mass is 10.0. The molecule has 0 radical (unpaired) electrons. The lowest BCUT2D eigenvalue weighted by Gasteiger charge is -2.20. The number of rotatable bonds is 5. The first-order chi connectivity index (χ1) is 13.5. The number of aromatic nitrogens is 1. The van der Waals surface area contributed by atoms with Crippen molar-refractivity contribution < 1.29 is 19.1 Å². The first kappa shape index (κ1) is 18.2. The molecule has 2 aliphatic rings.